The molecule has 2 N–H and O–H groups in total. The van der Waals surface area contributed by atoms with Crippen LogP contribution in [0.5, 0.6) is 11.6 Å². The van der Waals surface area contributed by atoms with Gasteiger partial charge in [-0.25, -0.2) is 35.7 Å². The Hall–Kier alpha value is -6.66. The van der Waals surface area contributed by atoms with E-state index in [1.165, 1.54) is 62.3 Å². The Labute approximate surface area is 339 Å². The number of anilines is 1. The predicted molar refractivity (Wildman–Crippen MR) is 214 cm³/mol. The second-order valence-electron chi connectivity index (χ2n) is 13.3. The number of sulfonamides is 1. The Kier molecular flexibility index (Phi) is 11.0. The van der Waals surface area contributed by atoms with Crippen molar-refractivity contribution in [1.82, 2.24) is 29.6 Å². The van der Waals surface area contributed by atoms with Gasteiger partial charge in [-0.3, -0.25) is 14.0 Å². The molecular weight excluding hydrogens is 815 g/mol. The summed E-state index contributed by atoms with van der Waals surface area (Å²) in [5.74, 6) is -2.47. The fourth-order valence-electron chi connectivity index (χ4n) is 6.87. The van der Waals surface area contributed by atoms with Crippen molar-refractivity contribution in [1.29, 1.82) is 0 Å². The molecule has 0 fully saturated rings. The second kappa shape index (κ2) is 15.9. The Bertz CT molecular complexity index is 2940. The van der Waals surface area contributed by atoms with E-state index in [1.54, 1.807) is 30.3 Å². The van der Waals surface area contributed by atoms with Crippen LogP contribution in [-0.4, -0.2) is 64.4 Å². The number of pyridine rings is 1. The quantitative estimate of drug-likeness (QED) is 0.131. The first kappa shape index (κ1) is 40.5. The molecule has 304 valence electrons. The molecule has 0 aliphatic heterocycles. The van der Waals surface area contributed by atoms with Crippen LogP contribution in [0.2, 0.25) is 5.02 Å². The summed E-state index contributed by atoms with van der Waals surface area (Å²) in [4.78, 5) is 36.5. The number of halogens is 4. The van der Waals surface area contributed by atoms with Gasteiger partial charge in [0.15, 0.2) is 11.5 Å². The summed E-state index contributed by atoms with van der Waals surface area (Å²) in [5.41, 5.74) is -0.234. The summed E-state index contributed by atoms with van der Waals surface area (Å²) in [6, 6.07) is 17.8. The van der Waals surface area contributed by atoms with Gasteiger partial charge in [-0.2, -0.15) is 10.1 Å². The van der Waals surface area contributed by atoms with Crippen LogP contribution in [0.25, 0.3) is 38.8 Å². The maximum absolute atomic E-state index is 15.2. The summed E-state index contributed by atoms with van der Waals surface area (Å²) < 4.78 is 85.1. The summed E-state index contributed by atoms with van der Waals surface area (Å²) in [6.07, 6.45) is -0.989. The molecule has 3 aromatic heterocycles. The van der Waals surface area contributed by atoms with E-state index in [0.29, 0.717) is 17.4 Å². The zero-order chi connectivity index (χ0) is 42.3. The largest absolute Gasteiger partial charge is 0.497 e. The smallest absolute Gasteiger partial charge is 0.405 e. The van der Waals surface area contributed by atoms with E-state index in [1.807, 2.05) is 0 Å². The van der Waals surface area contributed by atoms with Gasteiger partial charge in [0.1, 0.15) is 29.0 Å². The lowest BCUT2D eigenvalue weighted by Crippen LogP contribution is -2.35. The van der Waals surface area contributed by atoms with Crippen molar-refractivity contribution in [2.75, 3.05) is 24.8 Å². The zero-order valence-electron chi connectivity index (χ0n) is 31.6. The van der Waals surface area contributed by atoms with Gasteiger partial charge in [-0.15, -0.1) is 0 Å². The normalized spacial score (nSPS) is 12.1. The van der Waals surface area contributed by atoms with Crippen LogP contribution in [-0.2, 0) is 30.0 Å². The minimum atomic E-state index is -4.06. The maximum Gasteiger partial charge on any atom is 0.405 e. The third-order valence-corrected chi connectivity index (χ3v) is 10.9. The van der Waals surface area contributed by atoms with E-state index < -0.39 is 51.6 Å². The first-order valence-electron chi connectivity index (χ1n) is 17.5. The minimum absolute atomic E-state index is 0.00354. The molecule has 0 radical (unpaired) electrons. The Morgan fingerprint density at radius 3 is 2.25 bits per heavy atom. The number of aryl methyl sites for hydroxylation is 1. The number of benzene rings is 4. The van der Waals surface area contributed by atoms with Crippen LogP contribution in [0.15, 0.2) is 89.7 Å². The Balaban J connectivity index is 1.54. The topological polar surface area (TPSA) is 171 Å². The molecule has 1 amide bonds. The van der Waals surface area contributed by atoms with Gasteiger partial charge < -0.3 is 19.9 Å². The fraction of sp³-hybridized carbons (Fsp3) is 0.175. The van der Waals surface area contributed by atoms with Crippen LogP contribution >= 0.6 is 11.6 Å². The van der Waals surface area contributed by atoms with E-state index in [4.69, 9.17) is 21.1 Å². The van der Waals surface area contributed by atoms with Gasteiger partial charge in [0.2, 0.25) is 15.9 Å². The van der Waals surface area contributed by atoms with Crippen molar-refractivity contribution in [3.05, 3.63) is 135 Å². The molecule has 7 aromatic rings. The third kappa shape index (κ3) is 7.96. The summed E-state index contributed by atoms with van der Waals surface area (Å²) >= 11 is 6.84. The van der Waals surface area contributed by atoms with E-state index in [2.05, 4.69) is 20.4 Å². The lowest BCUT2D eigenvalue weighted by atomic mass is 10.0. The highest BCUT2D eigenvalue weighted by Gasteiger charge is 2.31. The molecule has 0 bridgehead atoms. The van der Waals surface area contributed by atoms with Crippen molar-refractivity contribution >= 4 is 55.5 Å². The molecule has 59 heavy (non-hydrogen) atoms. The number of amides is 1. The molecular formula is C40H33ClF3N7O7S. The monoisotopic (exact) mass is 847 g/mol. The van der Waals surface area contributed by atoms with Crippen LogP contribution in [0.4, 0.5) is 23.8 Å². The number of rotatable bonds is 12. The van der Waals surface area contributed by atoms with E-state index in [0.717, 1.165) is 27.3 Å². The van der Waals surface area contributed by atoms with Gasteiger partial charge >= 0.3 is 6.09 Å². The van der Waals surface area contributed by atoms with E-state index >= 15 is 9.18 Å². The molecule has 4 aromatic carbocycles. The Morgan fingerprint density at radius 1 is 0.932 bits per heavy atom. The Morgan fingerprint density at radius 2 is 1.63 bits per heavy atom. The highest BCUT2D eigenvalue weighted by atomic mass is 35.5. The second-order valence-corrected chi connectivity index (χ2v) is 15.7. The molecule has 19 heteroatoms. The zero-order valence-corrected chi connectivity index (χ0v) is 33.1. The fourth-order valence-corrected chi connectivity index (χ4v) is 7.93. The lowest BCUT2D eigenvalue weighted by Gasteiger charge is -2.23. The molecule has 0 aliphatic carbocycles. The van der Waals surface area contributed by atoms with E-state index in [9.17, 15) is 27.1 Å². The van der Waals surface area contributed by atoms with Gasteiger partial charge in [0.05, 0.1) is 60.1 Å². The van der Waals surface area contributed by atoms with Crippen LogP contribution < -0.4 is 24.7 Å². The average molecular weight is 848 g/mol. The molecule has 1 unspecified atom stereocenters. The van der Waals surface area contributed by atoms with Crippen molar-refractivity contribution in [2.45, 2.75) is 19.0 Å². The molecule has 0 saturated carbocycles. The highest BCUT2D eigenvalue weighted by molar-refractivity contribution is 7.92. The van der Waals surface area contributed by atoms with Gasteiger partial charge in [-0.1, -0.05) is 41.9 Å². The van der Waals surface area contributed by atoms with Crippen molar-refractivity contribution in [3.8, 4) is 28.4 Å². The van der Waals surface area contributed by atoms with Crippen LogP contribution in [0.3, 0.4) is 0 Å². The van der Waals surface area contributed by atoms with Crippen LogP contribution in [0, 0.1) is 17.5 Å². The number of nitrogens with zero attached hydrogens (tertiary/aromatic N) is 6. The summed E-state index contributed by atoms with van der Waals surface area (Å²) in [6.45, 7) is -0.181. The maximum atomic E-state index is 15.2. The number of nitrogens with one attached hydrogen (secondary N) is 1. The number of hydrogen-bond acceptors (Lipinski definition) is 9. The number of carboxylic acid groups (broad SMARTS) is 1. The third-order valence-electron chi connectivity index (χ3n) is 9.44. The minimum Gasteiger partial charge on any atom is -0.497 e. The molecule has 0 spiro atoms. The molecule has 0 aliphatic rings. The number of fused-ring (bicyclic) bond motifs is 2. The van der Waals surface area contributed by atoms with Crippen LogP contribution in [0.1, 0.15) is 23.0 Å². The first-order valence-corrected chi connectivity index (χ1v) is 19.8. The van der Waals surface area contributed by atoms with Gasteiger partial charge in [-0.05, 0) is 59.7 Å². The lowest BCUT2D eigenvalue weighted by molar-refractivity contribution is 0.189. The number of ether oxygens (including phenoxy) is 2. The van der Waals surface area contributed by atoms with Crippen molar-refractivity contribution in [2.24, 2.45) is 7.05 Å². The average Bonchev–Trinajstić information content (AvgIpc) is 3.53. The SMILES string of the molecule is COc1ccc(CN(c2nn(C)c3c(-n4c(C(Cc5cc(F)cc(F)c5)NC(=O)O)nc5nc(OC)c(-c6ccccc6F)cc5c4=O)ccc(Cl)c23)S(C)(=O)=O)cc1. The molecule has 1 atom stereocenters. The van der Waals surface area contributed by atoms with Crippen molar-refractivity contribution in [3.63, 3.8) is 0 Å². The summed E-state index contributed by atoms with van der Waals surface area (Å²) in [7, 11) is 0.211. The molecule has 14 nitrogen and oxygen atoms in total. The standard InChI is InChI=1S/C40H33ClF3N7O7S/c1-49-34-32(14-13-29(41)33(34)37(48-49)50(59(4,55)56)20-21-9-11-25(57-2)12-10-21)51-36(31(45-40(53)54)17-22-15-23(42)18-24(43)16-22)46-35-28(39(51)52)19-27(38(47-35)58-3)26-7-5-6-8-30(26)44/h5-16,18-19,31,45H,17,20H2,1-4H3,(H,53,54). The molecule has 0 saturated heterocycles. The first-order chi connectivity index (χ1) is 28.1. The highest BCUT2D eigenvalue weighted by Crippen LogP contribution is 2.39. The molecule has 3 heterocycles. The van der Waals surface area contributed by atoms with E-state index in [-0.39, 0.29) is 73.4 Å². The number of hydrogen-bond donors (Lipinski definition) is 2. The molecule has 7 rings (SSSR count). The summed E-state index contributed by atoms with van der Waals surface area (Å²) in [5, 5.41) is 16.9. The predicted octanol–water partition coefficient (Wildman–Crippen LogP) is 6.94. The number of aromatic nitrogens is 5. The number of carbonyl (C=O) groups is 1. The number of methoxy groups -OCH3 is 2. The van der Waals surface area contributed by atoms with Crippen molar-refractivity contribution < 1.29 is 41.0 Å². The van der Waals surface area contributed by atoms with Gasteiger partial charge in [0, 0.05) is 30.7 Å². The van der Waals surface area contributed by atoms with Gasteiger partial charge in [0.25, 0.3) is 5.56 Å².